The van der Waals surface area contributed by atoms with Gasteiger partial charge in [-0.15, -0.1) is 0 Å². The monoisotopic (exact) mass is 468 g/mol. The largest absolute Gasteiger partial charge is 0.298 e. The minimum Gasteiger partial charge on any atom is -0.298 e. The number of hydrogen-bond donors (Lipinski definition) is 0. The lowest BCUT2D eigenvalue weighted by Crippen LogP contribution is -2.18. The average Bonchev–Trinajstić information content (AvgIpc) is 2.93. The highest BCUT2D eigenvalue weighted by Crippen LogP contribution is 2.36. The summed E-state index contributed by atoms with van der Waals surface area (Å²) in [4.78, 5) is 13.4. The minimum atomic E-state index is -0.149. The molecule has 0 saturated carbocycles. The molecule has 2 atom stereocenters. The number of aryl methyl sites for hydroxylation is 1. The number of benzene rings is 5. The Kier molecular flexibility index (Phi) is 6.82. The molecule has 0 N–H and O–H groups in total. The van der Waals surface area contributed by atoms with E-state index in [1.807, 2.05) is 25.1 Å². The topological polar surface area (TPSA) is 17.1 Å². The van der Waals surface area contributed by atoms with Gasteiger partial charge in [0.1, 0.15) is 5.78 Å². The molecule has 0 heterocycles. The maximum absolute atomic E-state index is 13.4. The maximum atomic E-state index is 13.4. The molecule has 0 spiro atoms. The molecule has 5 aromatic carbocycles. The molecule has 0 radical (unpaired) electrons. The lowest BCUT2D eigenvalue weighted by Gasteiger charge is -2.20. The van der Waals surface area contributed by atoms with Crippen LogP contribution in [0.25, 0.3) is 33.0 Å². The molecule has 0 amide bonds. The van der Waals surface area contributed by atoms with Crippen molar-refractivity contribution in [3.63, 3.8) is 0 Å². The second-order valence-electron chi connectivity index (χ2n) is 9.73. The first-order valence-electron chi connectivity index (χ1n) is 12.8. The Hall–Kier alpha value is -3.97. The standard InChI is InChI=1S/C35H32O/c1-4-32(28-11-7-5-8-12-28)35(36)25(3)26-17-19-27(20-18-26)31-22-30-16-15-24(2)21-33(30)34(23-31)29-13-9-6-10-14-29/h5-23,25,32H,4H2,1-3H3. The summed E-state index contributed by atoms with van der Waals surface area (Å²) in [5, 5.41) is 2.51. The normalized spacial score (nSPS) is 12.9. The number of rotatable bonds is 7. The van der Waals surface area contributed by atoms with E-state index in [2.05, 4.69) is 111 Å². The van der Waals surface area contributed by atoms with Crippen LogP contribution in [0.2, 0.25) is 0 Å². The Balaban J connectivity index is 1.48. The van der Waals surface area contributed by atoms with Gasteiger partial charge in [-0.1, -0.05) is 123 Å². The molecule has 0 aliphatic carbocycles. The Morgan fingerprint density at radius 2 is 1.33 bits per heavy atom. The van der Waals surface area contributed by atoms with E-state index >= 15 is 0 Å². The number of fused-ring (bicyclic) bond motifs is 1. The van der Waals surface area contributed by atoms with Crippen molar-refractivity contribution < 1.29 is 4.79 Å². The van der Waals surface area contributed by atoms with E-state index in [1.165, 1.54) is 33.0 Å². The molecule has 0 aromatic heterocycles. The first-order valence-corrected chi connectivity index (χ1v) is 12.8. The Morgan fingerprint density at radius 1 is 0.667 bits per heavy atom. The van der Waals surface area contributed by atoms with Crippen molar-refractivity contribution in [3.05, 3.63) is 132 Å². The van der Waals surface area contributed by atoms with Crippen LogP contribution < -0.4 is 0 Å². The van der Waals surface area contributed by atoms with Crippen molar-refractivity contribution in [1.29, 1.82) is 0 Å². The third kappa shape index (κ3) is 4.75. The van der Waals surface area contributed by atoms with Gasteiger partial charge in [-0.05, 0) is 69.6 Å². The lowest BCUT2D eigenvalue weighted by molar-refractivity contribution is -0.121. The predicted molar refractivity (Wildman–Crippen MR) is 152 cm³/mol. The summed E-state index contributed by atoms with van der Waals surface area (Å²) >= 11 is 0. The third-order valence-corrected chi connectivity index (χ3v) is 7.32. The van der Waals surface area contributed by atoms with Gasteiger partial charge in [-0.25, -0.2) is 0 Å². The second-order valence-corrected chi connectivity index (χ2v) is 9.73. The van der Waals surface area contributed by atoms with Crippen molar-refractivity contribution in [2.24, 2.45) is 0 Å². The average molecular weight is 469 g/mol. The fourth-order valence-electron chi connectivity index (χ4n) is 5.21. The van der Waals surface area contributed by atoms with Crippen LogP contribution in [0.1, 0.15) is 48.8 Å². The van der Waals surface area contributed by atoms with Crippen LogP contribution in [-0.2, 0) is 4.79 Å². The zero-order chi connectivity index (χ0) is 25.1. The molecule has 5 aromatic rings. The molecule has 1 heteroatoms. The first-order chi connectivity index (χ1) is 17.5. The quantitative estimate of drug-likeness (QED) is 0.232. The molecule has 0 aliphatic heterocycles. The molecule has 36 heavy (non-hydrogen) atoms. The lowest BCUT2D eigenvalue weighted by atomic mass is 9.83. The molecule has 0 saturated heterocycles. The SMILES string of the molecule is CCC(C(=O)C(C)c1ccc(-c2cc(-c3ccccc3)c3cc(C)ccc3c2)cc1)c1ccccc1. The van der Waals surface area contributed by atoms with E-state index in [9.17, 15) is 4.79 Å². The van der Waals surface area contributed by atoms with Gasteiger partial charge in [-0.2, -0.15) is 0 Å². The summed E-state index contributed by atoms with van der Waals surface area (Å²) in [5.74, 6) is 0.0609. The van der Waals surface area contributed by atoms with Gasteiger partial charge >= 0.3 is 0 Å². The van der Waals surface area contributed by atoms with Gasteiger partial charge in [0.05, 0.1) is 0 Å². The summed E-state index contributed by atoms with van der Waals surface area (Å²) in [7, 11) is 0. The van der Waals surface area contributed by atoms with Crippen molar-refractivity contribution in [2.45, 2.75) is 39.0 Å². The van der Waals surface area contributed by atoms with Gasteiger partial charge in [0, 0.05) is 11.8 Å². The first kappa shape index (κ1) is 23.8. The van der Waals surface area contributed by atoms with Crippen LogP contribution >= 0.6 is 0 Å². The number of Topliss-reactive ketones (excluding diaryl/α,β-unsaturated/α-hetero) is 1. The molecular formula is C35H32O. The summed E-state index contributed by atoms with van der Waals surface area (Å²) in [6.07, 6.45) is 0.810. The van der Waals surface area contributed by atoms with Gasteiger partial charge in [-0.3, -0.25) is 4.79 Å². The number of ketones is 1. The van der Waals surface area contributed by atoms with Crippen LogP contribution in [0, 0.1) is 6.92 Å². The number of hydrogen-bond acceptors (Lipinski definition) is 1. The number of carbonyl (C=O) groups excluding carboxylic acids is 1. The van der Waals surface area contributed by atoms with E-state index in [-0.39, 0.29) is 17.6 Å². The zero-order valence-corrected chi connectivity index (χ0v) is 21.2. The molecule has 5 rings (SSSR count). The highest BCUT2D eigenvalue weighted by Gasteiger charge is 2.25. The molecule has 0 aliphatic rings. The second kappa shape index (κ2) is 10.3. The Labute approximate surface area is 214 Å². The van der Waals surface area contributed by atoms with Gasteiger partial charge in [0.15, 0.2) is 0 Å². The van der Waals surface area contributed by atoms with E-state index in [1.54, 1.807) is 0 Å². The van der Waals surface area contributed by atoms with Crippen molar-refractivity contribution in [1.82, 2.24) is 0 Å². The Morgan fingerprint density at radius 3 is 2.00 bits per heavy atom. The van der Waals surface area contributed by atoms with Crippen molar-refractivity contribution in [2.75, 3.05) is 0 Å². The predicted octanol–water partition coefficient (Wildman–Crippen LogP) is 9.35. The Bertz CT molecular complexity index is 1480. The van der Waals surface area contributed by atoms with Crippen LogP contribution in [0.5, 0.6) is 0 Å². The van der Waals surface area contributed by atoms with Crippen LogP contribution in [0.3, 0.4) is 0 Å². The highest BCUT2D eigenvalue weighted by molar-refractivity contribution is 6.00. The number of carbonyl (C=O) groups is 1. The van der Waals surface area contributed by atoms with Crippen molar-refractivity contribution >= 4 is 16.6 Å². The fourth-order valence-corrected chi connectivity index (χ4v) is 5.21. The molecule has 2 unspecified atom stereocenters. The van der Waals surface area contributed by atoms with Gasteiger partial charge in [0.2, 0.25) is 0 Å². The summed E-state index contributed by atoms with van der Waals surface area (Å²) in [6, 6.07) is 40.5. The van der Waals surface area contributed by atoms with Crippen LogP contribution in [0.4, 0.5) is 0 Å². The van der Waals surface area contributed by atoms with Gasteiger partial charge < -0.3 is 0 Å². The zero-order valence-electron chi connectivity index (χ0n) is 21.2. The van der Waals surface area contributed by atoms with Crippen LogP contribution in [-0.4, -0.2) is 5.78 Å². The molecule has 1 nitrogen and oxygen atoms in total. The summed E-state index contributed by atoms with van der Waals surface area (Å²) in [5.41, 5.74) is 8.24. The van der Waals surface area contributed by atoms with Crippen molar-refractivity contribution in [3.8, 4) is 22.3 Å². The molecule has 0 bridgehead atoms. The molecule has 0 fully saturated rings. The highest BCUT2D eigenvalue weighted by atomic mass is 16.1. The van der Waals surface area contributed by atoms with E-state index in [4.69, 9.17) is 0 Å². The molecular weight excluding hydrogens is 436 g/mol. The third-order valence-electron chi connectivity index (χ3n) is 7.32. The smallest absolute Gasteiger partial charge is 0.147 e. The van der Waals surface area contributed by atoms with E-state index < -0.39 is 0 Å². The van der Waals surface area contributed by atoms with Crippen LogP contribution in [0.15, 0.2) is 115 Å². The molecule has 178 valence electrons. The van der Waals surface area contributed by atoms with E-state index in [0.29, 0.717) is 0 Å². The maximum Gasteiger partial charge on any atom is 0.147 e. The fraction of sp³-hybridized carbons (Fsp3) is 0.171. The van der Waals surface area contributed by atoms with E-state index in [0.717, 1.165) is 23.1 Å². The minimum absolute atomic E-state index is 0.0711. The summed E-state index contributed by atoms with van der Waals surface area (Å²) in [6.45, 7) is 6.27. The summed E-state index contributed by atoms with van der Waals surface area (Å²) < 4.78 is 0. The van der Waals surface area contributed by atoms with Gasteiger partial charge in [0.25, 0.3) is 0 Å².